The SMILES string of the molecule is CCCCCCCCCCSO.O=C(NCCO)C(=O)NCCO. The minimum absolute atomic E-state index is 0.0470. The summed E-state index contributed by atoms with van der Waals surface area (Å²) in [7, 11) is 0. The van der Waals surface area contributed by atoms with Crippen LogP contribution in [0.15, 0.2) is 0 Å². The number of hydrogen-bond donors (Lipinski definition) is 5. The van der Waals surface area contributed by atoms with Crippen molar-refractivity contribution >= 4 is 23.9 Å². The largest absolute Gasteiger partial charge is 0.395 e. The number of unbranched alkanes of at least 4 members (excludes halogenated alkanes) is 7. The number of carbonyl (C=O) groups is 2. The van der Waals surface area contributed by atoms with E-state index < -0.39 is 11.8 Å². The molecular formula is C16H34N2O5S. The minimum atomic E-state index is -0.808. The van der Waals surface area contributed by atoms with E-state index in [0.717, 1.165) is 17.8 Å². The number of aliphatic hydroxyl groups excluding tert-OH is 2. The summed E-state index contributed by atoms with van der Waals surface area (Å²) in [5.41, 5.74) is 0. The van der Waals surface area contributed by atoms with Crippen LogP contribution in [0.3, 0.4) is 0 Å². The van der Waals surface area contributed by atoms with E-state index in [1.165, 1.54) is 51.4 Å². The van der Waals surface area contributed by atoms with Crippen molar-refractivity contribution in [2.24, 2.45) is 0 Å². The zero-order valence-corrected chi connectivity index (χ0v) is 15.6. The van der Waals surface area contributed by atoms with Crippen molar-refractivity contribution in [3.8, 4) is 0 Å². The first kappa shape index (κ1) is 25.4. The fraction of sp³-hybridized carbons (Fsp3) is 0.875. The lowest BCUT2D eigenvalue weighted by Crippen LogP contribution is -2.41. The average molecular weight is 367 g/mol. The number of carbonyl (C=O) groups excluding carboxylic acids is 2. The van der Waals surface area contributed by atoms with Crippen LogP contribution < -0.4 is 10.6 Å². The lowest BCUT2D eigenvalue weighted by atomic mass is 10.1. The molecule has 0 aromatic heterocycles. The standard InChI is InChI=1S/C10H22OS.C6H12N2O4/c1-2-3-4-5-6-7-8-9-10-12-11;9-3-1-7-5(11)6(12)8-2-4-10/h11H,2-10H2,1H3;9-10H,1-4H2,(H,7,11)(H,8,12). The third-order valence-corrected chi connectivity index (χ3v) is 3.56. The third-order valence-electron chi connectivity index (χ3n) is 3.09. The highest BCUT2D eigenvalue weighted by Gasteiger charge is 2.10. The van der Waals surface area contributed by atoms with Gasteiger partial charge in [0.25, 0.3) is 0 Å². The van der Waals surface area contributed by atoms with Crippen LogP contribution in [-0.2, 0) is 9.59 Å². The van der Waals surface area contributed by atoms with Gasteiger partial charge in [0.15, 0.2) is 0 Å². The maximum absolute atomic E-state index is 10.7. The predicted molar refractivity (Wildman–Crippen MR) is 97.9 cm³/mol. The van der Waals surface area contributed by atoms with Gasteiger partial charge in [-0.1, -0.05) is 51.9 Å². The molecule has 0 fully saturated rings. The Labute approximate surface area is 149 Å². The molecule has 144 valence electrons. The van der Waals surface area contributed by atoms with Crippen molar-refractivity contribution in [3.05, 3.63) is 0 Å². The van der Waals surface area contributed by atoms with Gasteiger partial charge in [0.1, 0.15) is 0 Å². The van der Waals surface area contributed by atoms with Crippen LogP contribution in [0.4, 0.5) is 0 Å². The fourth-order valence-corrected chi connectivity index (χ4v) is 2.13. The smallest absolute Gasteiger partial charge is 0.309 e. The molecule has 0 heterocycles. The molecule has 0 aliphatic carbocycles. The van der Waals surface area contributed by atoms with Crippen molar-refractivity contribution in [1.29, 1.82) is 0 Å². The van der Waals surface area contributed by atoms with Crippen molar-refractivity contribution < 1.29 is 24.4 Å². The quantitative estimate of drug-likeness (QED) is 0.192. The monoisotopic (exact) mass is 366 g/mol. The summed E-state index contributed by atoms with van der Waals surface area (Å²) in [6.45, 7) is 1.92. The molecule has 5 N–H and O–H groups in total. The minimum Gasteiger partial charge on any atom is -0.395 e. The van der Waals surface area contributed by atoms with Gasteiger partial charge >= 0.3 is 11.8 Å². The van der Waals surface area contributed by atoms with E-state index in [1.54, 1.807) is 0 Å². The molecule has 0 saturated carbocycles. The van der Waals surface area contributed by atoms with E-state index >= 15 is 0 Å². The summed E-state index contributed by atoms with van der Waals surface area (Å²) in [4.78, 5) is 21.4. The number of amides is 2. The normalized spacial score (nSPS) is 9.83. The van der Waals surface area contributed by atoms with Crippen LogP contribution in [0.1, 0.15) is 58.3 Å². The number of aliphatic hydroxyl groups is 2. The van der Waals surface area contributed by atoms with Gasteiger partial charge in [-0.05, 0) is 18.5 Å². The van der Waals surface area contributed by atoms with Crippen LogP contribution in [0.5, 0.6) is 0 Å². The van der Waals surface area contributed by atoms with Gasteiger partial charge < -0.3 is 25.4 Å². The van der Waals surface area contributed by atoms with Gasteiger partial charge in [-0.25, -0.2) is 0 Å². The molecule has 8 heteroatoms. The molecule has 0 radical (unpaired) electrons. The molecule has 0 aromatic carbocycles. The molecular weight excluding hydrogens is 332 g/mol. The molecule has 0 bridgehead atoms. The lowest BCUT2D eigenvalue weighted by molar-refractivity contribution is -0.139. The Morgan fingerprint density at radius 1 is 0.792 bits per heavy atom. The highest BCUT2D eigenvalue weighted by atomic mass is 32.2. The summed E-state index contributed by atoms with van der Waals surface area (Å²) in [6.07, 6.45) is 10.7. The molecule has 0 rings (SSSR count). The first-order valence-corrected chi connectivity index (χ1v) is 9.62. The molecule has 24 heavy (non-hydrogen) atoms. The Morgan fingerprint density at radius 3 is 1.58 bits per heavy atom. The van der Waals surface area contributed by atoms with Gasteiger partial charge in [0.05, 0.1) is 13.2 Å². The maximum atomic E-state index is 10.7. The van der Waals surface area contributed by atoms with Crippen LogP contribution in [0.2, 0.25) is 0 Å². The topological polar surface area (TPSA) is 119 Å². The van der Waals surface area contributed by atoms with Crippen LogP contribution >= 0.6 is 12.0 Å². The highest BCUT2D eigenvalue weighted by molar-refractivity contribution is 7.93. The van der Waals surface area contributed by atoms with E-state index in [2.05, 4.69) is 17.6 Å². The molecule has 0 spiro atoms. The number of hydrogen-bond acceptors (Lipinski definition) is 6. The van der Waals surface area contributed by atoms with Gasteiger partial charge in [-0.2, -0.15) is 0 Å². The molecule has 0 saturated heterocycles. The van der Waals surface area contributed by atoms with Gasteiger partial charge in [0.2, 0.25) is 0 Å². The Kier molecular flexibility index (Phi) is 23.5. The first-order valence-electron chi connectivity index (χ1n) is 8.68. The molecule has 2 amide bonds. The van der Waals surface area contributed by atoms with Gasteiger partial charge in [0, 0.05) is 18.8 Å². The van der Waals surface area contributed by atoms with Crippen LogP contribution in [0, 0.1) is 0 Å². The molecule has 0 aliphatic heterocycles. The molecule has 0 unspecified atom stereocenters. The van der Waals surface area contributed by atoms with E-state index in [0.29, 0.717) is 0 Å². The van der Waals surface area contributed by atoms with Crippen molar-refractivity contribution in [2.45, 2.75) is 58.3 Å². The van der Waals surface area contributed by atoms with Crippen LogP contribution in [-0.4, -0.2) is 58.6 Å². The Balaban J connectivity index is 0. The summed E-state index contributed by atoms with van der Waals surface area (Å²) in [6, 6.07) is 0. The maximum Gasteiger partial charge on any atom is 0.309 e. The lowest BCUT2D eigenvalue weighted by Gasteiger charge is -2.02. The van der Waals surface area contributed by atoms with Crippen molar-refractivity contribution in [3.63, 3.8) is 0 Å². The second-order valence-corrected chi connectivity index (χ2v) is 5.93. The average Bonchev–Trinajstić information content (AvgIpc) is 2.60. The third kappa shape index (κ3) is 21.2. The Morgan fingerprint density at radius 2 is 1.21 bits per heavy atom. The highest BCUT2D eigenvalue weighted by Crippen LogP contribution is 2.09. The van der Waals surface area contributed by atoms with Crippen molar-refractivity contribution in [1.82, 2.24) is 10.6 Å². The predicted octanol–water partition coefficient (Wildman–Crippen LogP) is 1.54. The van der Waals surface area contributed by atoms with E-state index in [4.69, 9.17) is 14.8 Å². The zero-order valence-electron chi connectivity index (χ0n) is 14.8. The zero-order chi connectivity index (χ0) is 18.5. The molecule has 0 aromatic rings. The van der Waals surface area contributed by atoms with E-state index in [1.807, 2.05) is 0 Å². The summed E-state index contributed by atoms with van der Waals surface area (Å²) < 4.78 is 8.46. The molecule has 0 atom stereocenters. The first-order chi connectivity index (χ1) is 11.6. The van der Waals surface area contributed by atoms with Gasteiger partial charge in [-0.3, -0.25) is 9.59 Å². The molecule has 7 nitrogen and oxygen atoms in total. The van der Waals surface area contributed by atoms with Gasteiger partial charge in [-0.15, -0.1) is 0 Å². The number of rotatable bonds is 13. The molecule has 0 aliphatic rings. The second-order valence-electron chi connectivity index (χ2n) is 5.27. The van der Waals surface area contributed by atoms with E-state index in [-0.39, 0.29) is 26.3 Å². The summed E-state index contributed by atoms with van der Waals surface area (Å²) in [5, 5.41) is 20.9. The van der Waals surface area contributed by atoms with Crippen molar-refractivity contribution in [2.75, 3.05) is 32.1 Å². The second kappa shape index (κ2) is 22.2. The summed E-state index contributed by atoms with van der Waals surface area (Å²) >= 11 is 0.974. The Hall–Kier alpha value is -0.830. The number of nitrogens with one attached hydrogen (secondary N) is 2. The Bertz CT molecular complexity index is 266. The summed E-state index contributed by atoms with van der Waals surface area (Å²) in [5.74, 6) is -0.704. The fourth-order valence-electron chi connectivity index (χ4n) is 1.80. The van der Waals surface area contributed by atoms with Crippen LogP contribution in [0.25, 0.3) is 0 Å². The van der Waals surface area contributed by atoms with E-state index in [9.17, 15) is 9.59 Å².